The summed E-state index contributed by atoms with van der Waals surface area (Å²) in [5.74, 6) is 1.12. The van der Waals surface area contributed by atoms with Crippen molar-refractivity contribution in [3.05, 3.63) is 0 Å². The fourth-order valence-electron chi connectivity index (χ4n) is 2.11. The Balaban J connectivity index is 2.12. The van der Waals surface area contributed by atoms with Crippen LogP contribution in [0.4, 0.5) is 0 Å². The maximum atomic E-state index is 11.9. The number of nitrogens with zero attached hydrogens (tertiary/aromatic N) is 2. The molecule has 0 N–H and O–H groups in total. The van der Waals surface area contributed by atoms with Gasteiger partial charge < -0.3 is 4.90 Å². The molecule has 1 heterocycles. The third-order valence-electron chi connectivity index (χ3n) is 3.27. The van der Waals surface area contributed by atoms with Crippen LogP contribution in [0.5, 0.6) is 0 Å². The van der Waals surface area contributed by atoms with E-state index in [0.29, 0.717) is 5.91 Å². The van der Waals surface area contributed by atoms with Gasteiger partial charge in [0.05, 0.1) is 0 Å². The van der Waals surface area contributed by atoms with Crippen molar-refractivity contribution in [1.82, 2.24) is 9.21 Å². The second kappa shape index (κ2) is 7.98. The maximum Gasteiger partial charge on any atom is 0.222 e. The van der Waals surface area contributed by atoms with Crippen LogP contribution in [0.15, 0.2) is 0 Å². The molecule has 1 saturated heterocycles. The molecule has 100 valence electrons. The zero-order valence-electron chi connectivity index (χ0n) is 11.4. The standard InChI is InChI=1S/C13H26N2OS/c1-12(2)6-4-5-7-13(16)14-8-10-15(17-3)11-9-14/h12H,4-11H2,1-3H3. The van der Waals surface area contributed by atoms with Crippen molar-refractivity contribution >= 4 is 17.9 Å². The molecule has 1 aliphatic heterocycles. The normalized spacial score (nSPS) is 17.8. The average molecular weight is 258 g/mol. The smallest absolute Gasteiger partial charge is 0.222 e. The first-order valence-corrected chi connectivity index (χ1v) is 7.88. The van der Waals surface area contributed by atoms with Crippen LogP contribution in [0.3, 0.4) is 0 Å². The van der Waals surface area contributed by atoms with Gasteiger partial charge in [-0.2, -0.15) is 0 Å². The summed E-state index contributed by atoms with van der Waals surface area (Å²) in [6.07, 6.45) is 6.33. The van der Waals surface area contributed by atoms with Crippen LogP contribution in [-0.2, 0) is 4.79 Å². The molecule has 1 rings (SSSR count). The van der Waals surface area contributed by atoms with Gasteiger partial charge in [-0.1, -0.05) is 38.6 Å². The number of rotatable bonds is 6. The number of carbonyl (C=O) groups excluding carboxylic acids is 1. The Hall–Kier alpha value is -0.220. The van der Waals surface area contributed by atoms with Crippen LogP contribution in [0.1, 0.15) is 39.5 Å². The van der Waals surface area contributed by atoms with Crippen molar-refractivity contribution in [2.45, 2.75) is 39.5 Å². The van der Waals surface area contributed by atoms with E-state index in [0.717, 1.165) is 44.9 Å². The summed E-state index contributed by atoms with van der Waals surface area (Å²) in [6.45, 7) is 8.32. The molecule has 0 spiro atoms. The molecule has 1 fully saturated rings. The molecule has 0 aliphatic carbocycles. The van der Waals surface area contributed by atoms with Crippen molar-refractivity contribution < 1.29 is 4.79 Å². The Morgan fingerprint density at radius 3 is 2.35 bits per heavy atom. The Morgan fingerprint density at radius 2 is 1.82 bits per heavy atom. The minimum absolute atomic E-state index is 0.356. The topological polar surface area (TPSA) is 23.6 Å². The van der Waals surface area contributed by atoms with Crippen molar-refractivity contribution in [2.24, 2.45) is 5.92 Å². The van der Waals surface area contributed by atoms with Crippen molar-refractivity contribution in [2.75, 3.05) is 32.4 Å². The maximum absolute atomic E-state index is 11.9. The van der Waals surface area contributed by atoms with Gasteiger partial charge in [0.25, 0.3) is 0 Å². The molecular formula is C13H26N2OS. The van der Waals surface area contributed by atoms with E-state index >= 15 is 0 Å². The average Bonchev–Trinajstić information content (AvgIpc) is 2.34. The first-order chi connectivity index (χ1) is 8.13. The number of hydrogen-bond donors (Lipinski definition) is 0. The number of carbonyl (C=O) groups is 1. The van der Waals surface area contributed by atoms with Gasteiger partial charge in [-0.15, -0.1) is 0 Å². The predicted octanol–water partition coefficient (Wildman–Crippen LogP) is 2.63. The third kappa shape index (κ3) is 5.77. The van der Waals surface area contributed by atoms with Crippen LogP contribution in [0.25, 0.3) is 0 Å². The molecule has 3 nitrogen and oxygen atoms in total. The van der Waals surface area contributed by atoms with Crippen molar-refractivity contribution in [3.63, 3.8) is 0 Å². The van der Waals surface area contributed by atoms with Gasteiger partial charge in [-0.3, -0.25) is 4.79 Å². The first kappa shape index (κ1) is 14.8. The zero-order valence-corrected chi connectivity index (χ0v) is 12.3. The quantitative estimate of drug-likeness (QED) is 0.540. The van der Waals surface area contributed by atoms with E-state index in [1.807, 2.05) is 4.90 Å². The molecule has 0 aromatic carbocycles. The summed E-state index contributed by atoms with van der Waals surface area (Å²) in [4.78, 5) is 14.0. The summed E-state index contributed by atoms with van der Waals surface area (Å²) in [7, 11) is 0. The van der Waals surface area contributed by atoms with E-state index in [9.17, 15) is 4.79 Å². The molecule has 0 unspecified atom stereocenters. The van der Waals surface area contributed by atoms with Crippen LogP contribution < -0.4 is 0 Å². The van der Waals surface area contributed by atoms with Crippen molar-refractivity contribution in [3.8, 4) is 0 Å². The van der Waals surface area contributed by atoms with E-state index in [1.54, 1.807) is 11.9 Å². The Morgan fingerprint density at radius 1 is 1.18 bits per heavy atom. The second-order valence-corrected chi connectivity index (χ2v) is 6.01. The van der Waals surface area contributed by atoms with E-state index in [2.05, 4.69) is 24.4 Å². The van der Waals surface area contributed by atoms with Crippen LogP contribution in [-0.4, -0.2) is 47.5 Å². The van der Waals surface area contributed by atoms with E-state index in [1.165, 1.54) is 12.8 Å². The lowest BCUT2D eigenvalue weighted by Gasteiger charge is -2.33. The van der Waals surface area contributed by atoms with Gasteiger partial charge in [-0.05, 0) is 18.6 Å². The van der Waals surface area contributed by atoms with E-state index in [4.69, 9.17) is 0 Å². The van der Waals surface area contributed by atoms with Crippen LogP contribution in [0, 0.1) is 5.92 Å². The number of amides is 1. The van der Waals surface area contributed by atoms with Gasteiger partial charge >= 0.3 is 0 Å². The largest absolute Gasteiger partial charge is 0.340 e. The molecule has 17 heavy (non-hydrogen) atoms. The van der Waals surface area contributed by atoms with Gasteiger partial charge in [0.2, 0.25) is 5.91 Å². The van der Waals surface area contributed by atoms with Gasteiger partial charge in [-0.25, -0.2) is 4.31 Å². The van der Waals surface area contributed by atoms with E-state index < -0.39 is 0 Å². The summed E-state index contributed by atoms with van der Waals surface area (Å²) in [5.41, 5.74) is 0. The highest BCUT2D eigenvalue weighted by atomic mass is 32.2. The van der Waals surface area contributed by atoms with E-state index in [-0.39, 0.29) is 0 Å². The molecule has 0 aromatic heterocycles. The molecule has 0 bridgehead atoms. The summed E-state index contributed by atoms with van der Waals surface area (Å²) in [6, 6.07) is 0. The molecular weight excluding hydrogens is 232 g/mol. The molecule has 0 saturated carbocycles. The number of piperazine rings is 1. The fraction of sp³-hybridized carbons (Fsp3) is 0.923. The fourth-order valence-corrected chi connectivity index (χ4v) is 2.64. The summed E-state index contributed by atoms with van der Waals surface area (Å²) in [5, 5.41) is 0. The third-order valence-corrected chi connectivity index (χ3v) is 4.15. The number of hydrogen-bond acceptors (Lipinski definition) is 3. The number of unbranched alkanes of at least 4 members (excludes halogenated alkanes) is 1. The van der Waals surface area contributed by atoms with Gasteiger partial charge in [0.15, 0.2) is 0 Å². The minimum Gasteiger partial charge on any atom is -0.340 e. The molecule has 1 amide bonds. The first-order valence-electron chi connectivity index (χ1n) is 6.70. The predicted molar refractivity (Wildman–Crippen MR) is 75.0 cm³/mol. The lowest BCUT2D eigenvalue weighted by Crippen LogP contribution is -2.46. The lowest BCUT2D eigenvalue weighted by molar-refractivity contribution is -0.132. The highest BCUT2D eigenvalue weighted by Gasteiger charge is 2.19. The Bertz CT molecular complexity index is 225. The summed E-state index contributed by atoms with van der Waals surface area (Å²) >= 11 is 1.78. The highest BCUT2D eigenvalue weighted by molar-refractivity contribution is 7.96. The minimum atomic E-state index is 0.356. The summed E-state index contributed by atoms with van der Waals surface area (Å²) < 4.78 is 2.32. The monoisotopic (exact) mass is 258 g/mol. The van der Waals surface area contributed by atoms with Crippen LogP contribution in [0.2, 0.25) is 0 Å². The molecule has 1 aliphatic rings. The lowest BCUT2D eigenvalue weighted by atomic mass is 10.1. The highest BCUT2D eigenvalue weighted by Crippen LogP contribution is 2.13. The van der Waals surface area contributed by atoms with Gasteiger partial charge in [0.1, 0.15) is 0 Å². The van der Waals surface area contributed by atoms with Gasteiger partial charge in [0, 0.05) is 32.6 Å². The SMILES string of the molecule is CSN1CCN(C(=O)CCCCC(C)C)CC1. The van der Waals surface area contributed by atoms with Crippen LogP contribution >= 0.6 is 11.9 Å². The Labute approximate surface area is 110 Å². The molecule has 4 heteroatoms. The van der Waals surface area contributed by atoms with Crippen molar-refractivity contribution in [1.29, 1.82) is 0 Å². The second-order valence-electron chi connectivity index (χ2n) is 5.13. The Kier molecular flexibility index (Phi) is 6.97. The molecule has 0 atom stereocenters. The zero-order chi connectivity index (χ0) is 12.7. The molecule has 0 radical (unpaired) electrons. The molecule has 0 aromatic rings.